The molecule has 0 fully saturated rings. The van der Waals surface area contributed by atoms with E-state index in [0.717, 1.165) is 32.1 Å². The molecular weight excluding hydrogens is 324 g/mol. The molecule has 9 nitrogen and oxygen atoms in total. The summed E-state index contributed by atoms with van der Waals surface area (Å²) < 4.78 is 1.71. The van der Waals surface area contributed by atoms with E-state index in [4.69, 9.17) is 5.73 Å². The number of nitrogens with two attached hydrogens (primary N) is 1. The predicted octanol–water partition coefficient (Wildman–Crippen LogP) is 0.115. The minimum absolute atomic E-state index is 0.222. The van der Waals surface area contributed by atoms with Crippen LogP contribution in [0.5, 0.6) is 0 Å². The predicted molar refractivity (Wildman–Crippen MR) is 92.1 cm³/mol. The molecule has 1 aromatic rings. The second kappa shape index (κ2) is 12.0. The van der Waals surface area contributed by atoms with E-state index < -0.39 is 17.9 Å². The van der Waals surface area contributed by atoms with Gasteiger partial charge in [0.1, 0.15) is 18.7 Å². The topological polar surface area (TPSA) is 132 Å². The summed E-state index contributed by atoms with van der Waals surface area (Å²) in [5.74, 6) is -1.30. The molecule has 0 spiro atoms. The van der Waals surface area contributed by atoms with Crippen molar-refractivity contribution in [3.8, 4) is 0 Å². The molecule has 0 saturated heterocycles. The highest BCUT2D eigenvalue weighted by Gasteiger charge is 2.22. The van der Waals surface area contributed by atoms with Gasteiger partial charge in [0, 0.05) is 19.5 Å². The zero-order valence-electron chi connectivity index (χ0n) is 14.7. The Hall–Kier alpha value is -2.45. The van der Waals surface area contributed by atoms with Crippen molar-refractivity contribution < 1.29 is 14.4 Å². The smallest absolute Gasteiger partial charge is 0.243 e. The number of primary amides is 1. The number of nitrogens with one attached hydrogen (secondary N) is 2. The van der Waals surface area contributed by atoms with E-state index in [9.17, 15) is 14.4 Å². The van der Waals surface area contributed by atoms with Crippen molar-refractivity contribution in [3.05, 3.63) is 12.7 Å². The van der Waals surface area contributed by atoms with Crippen LogP contribution in [-0.4, -0.2) is 45.1 Å². The highest BCUT2D eigenvalue weighted by atomic mass is 16.2. The molecule has 140 valence electrons. The molecule has 4 N–H and O–H groups in total. The van der Waals surface area contributed by atoms with Crippen molar-refractivity contribution in [2.45, 2.75) is 64.5 Å². The molecule has 1 heterocycles. The first-order valence-corrected chi connectivity index (χ1v) is 8.70. The summed E-state index contributed by atoms with van der Waals surface area (Å²) in [6.07, 6.45) is 8.33. The Balaban J connectivity index is 2.36. The average Bonchev–Trinajstić information content (AvgIpc) is 3.07. The lowest BCUT2D eigenvalue weighted by Crippen LogP contribution is -2.49. The van der Waals surface area contributed by atoms with Gasteiger partial charge >= 0.3 is 0 Å². The molecule has 0 aromatic carbocycles. The van der Waals surface area contributed by atoms with E-state index in [1.807, 2.05) is 0 Å². The maximum atomic E-state index is 12.2. The van der Waals surface area contributed by atoms with Crippen LogP contribution in [0.2, 0.25) is 0 Å². The molecule has 0 radical (unpaired) electrons. The van der Waals surface area contributed by atoms with Crippen molar-refractivity contribution in [2.24, 2.45) is 5.73 Å². The molecule has 0 aliphatic rings. The van der Waals surface area contributed by atoms with Gasteiger partial charge in [-0.25, -0.2) is 0 Å². The Morgan fingerprint density at radius 3 is 2.44 bits per heavy atom. The second-order valence-corrected chi connectivity index (χ2v) is 5.95. The average molecular weight is 352 g/mol. The Morgan fingerprint density at radius 2 is 1.80 bits per heavy atom. The number of aromatic nitrogens is 3. The molecule has 0 saturated carbocycles. The standard InChI is InChI=1S/C16H28N6O3/c1-2-3-4-5-6-7-15(24)21-13(10-14(17)23)16(25)18-8-9-22-11-19-20-12-22/h11-13H,2-10H2,1H3,(H2,17,23)(H,18,25)(H,21,24)/t13-/m1/s1. The number of carbonyl (C=O) groups excluding carboxylic acids is 3. The van der Waals surface area contributed by atoms with Crippen molar-refractivity contribution in [2.75, 3.05) is 6.54 Å². The Kier molecular flexibility index (Phi) is 9.88. The van der Waals surface area contributed by atoms with Gasteiger partial charge in [-0.15, -0.1) is 10.2 Å². The molecule has 25 heavy (non-hydrogen) atoms. The van der Waals surface area contributed by atoms with Crippen LogP contribution >= 0.6 is 0 Å². The molecule has 0 unspecified atom stereocenters. The van der Waals surface area contributed by atoms with Gasteiger partial charge in [0.25, 0.3) is 0 Å². The summed E-state index contributed by atoms with van der Waals surface area (Å²) in [5, 5.41) is 12.6. The van der Waals surface area contributed by atoms with Gasteiger partial charge in [-0.1, -0.05) is 32.6 Å². The lowest BCUT2D eigenvalue weighted by atomic mass is 10.1. The summed E-state index contributed by atoms with van der Waals surface area (Å²) in [4.78, 5) is 35.3. The van der Waals surface area contributed by atoms with Crippen LogP contribution in [0, 0.1) is 0 Å². The van der Waals surface area contributed by atoms with Crippen molar-refractivity contribution in [1.29, 1.82) is 0 Å². The van der Waals surface area contributed by atoms with E-state index in [-0.39, 0.29) is 12.3 Å². The van der Waals surface area contributed by atoms with Gasteiger partial charge in [0.05, 0.1) is 6.42 Å². The van der Waals surface area contributed by atoms with Crippen molar-refractivity contribution in [1.82, 2.24) is 25.4 Å². The van der Waals surface area contributed by atoms with Gasteiger partial charge in [-0.3, -0.25) is 14.4 Å². The van der Waals surface area contributed by atoms with Crippen LogP contribution < -0.4 is 16.4 Å². The first kappa shape index (κ1) is 20.6. The molecule has 9 heteroatoms. The lowest BCUT2D eigenvalue weighted by Gasteiger charge is -2.17. The van der Waals surface area contributed by atoms with Crippen molar-refractivity contribution in [3.63, 3.8) is 0 Å². The first-order chi connectivity index (χ1) is 12.0. The molecule has 0 bridgehead atoms. The third kappa shape index (κ3) is 9.43. The maximum absolute atomic E-state index is 12.2. The fourth-order valence-electron chi connectivity index (χ4n) is 2.34. The molecular formula is C16H28N6O3. The van der Waals surface area contributed by atoms with Crippen LogP contribution in [0.1, 0.15) is 51.9 Å². The molecule has 0 aliphatic heterocycles. The Bertz CT molecular complexity index is 532. The fraction of sp³-hybridized carbons (Fsp3) is 0.688. The molecule has 3 amide bonds. The van der Waals surface area contributed by atoms with E-state index in [1.165, 1.54) is 12.7 Å². The SMILES string of the molecule is CCCCCCCC(=O)N[C@H](CC(N)=O)C(=O)NCCn1cnnc1. The number of amides is 3. The number of rotatable bonds is 13. The molecule has 0 aliphatic carbocycles. The third-order valence-corrected chi connectivity index (χ3v) is 3.70. The lowest BCUT2D eigenvalue weighted by molar-refractivity contribution is -0.131. The maximum Gasteiger partial charge on any atom is 0.243 e. The van der Waals surface area contributed by atoms with Crippen molar-refractivity contribution >= 4 is 17.7 Å². The molecule has 1 aromatic heterocycles. The third-order valence-electron chi connectivity index (χ3n) is 3.70. The van der Waals surface area contributed by atoms with Gasteiger partial charge in [0.2, 0.25) is 17.7 Å². The largest absolute Gasteiger partial charge is 0.370 e. The summed E-state index contributed by atoms with van der Waals surface area (Å²) >= 11 is 0. The van der Waals surface area contributed by atoms with E-state index in [2.05, 4.69) is 27.8 Å². The quantitative estimate of drug-likeness (QED) is 0.434. The fourth-order valence-corrected chi connectivity index (χ4v) is 2.34. The summed E-state index contributed by atoms with van der Waals surface area (Å²) in [7, 11) is 0. The summed E-state index contributed by atoms with van der Waals surface area (Å²) in [5.41, 5.74) is 5.18. The molecule has 1 rings (SSSR count). The van der Waals surface area contributed by atoms with E-state index in [0.29, 0.717) is 19.5 Å². The van der Waals surface area contributed by atoms with Crippen LogP contribution in [0.25, 0.3) is 0 Å². The zero-order valence-corrected chi connectivity index (χ0v) is 14.7. The van der Waals surface area contributed by atoms with E-state index in [1.54, 1.807) is 4.57 Å². The normalized spacial score (nSPS) is 11.7. The Morgan fingerprint density at radius 1 is 1.12 bits per heavy atom. The van der Waals surface area contributed by atoms with E-state index >= 15 is 0 Å². The van der Waals surface area contributed by atoms with Crippen LogP contribution in [0.3, 0.4) is 0 Å². The Labute approximate surface area is 147 Å². The highest BCUT2D eigenvalue weighted by molar-refractivity contribution is 5.91. The summed E-state index contributed by atoms with van der Waals surface area (Å²) in [6.45, 7) is 2.95. The van der Waals surface area contributed by atoms with Gasteiger partial charge < -0.3 is 20.9 Å². The minimum atomic E-state index is -0.943. The zero-order chi connectivity index (χ0) is 18.5. The minimum Gasteiger partial charge on any atom is -0.370 e. The number of hydrogen-bond donors (Lipinski definition) is 3. The van der Waals surface area contributed by atoms with Crippen LogP contribution in [-0.2, 0) is 20.9 Å². The van der Waals surface area contributed by atoms with Gasteiger partial charge in [0.15, 0.2) is 0 Å². The van der Waals surface area contributed by atoms with Crippen LogP contribution in [0.4, 0.5) is 0 Å². The number of nitrogens with zero attached hydrogens (tertiary/aromatic N) is 3. The van der Waals surface area contributed by atoms with Gasteiger partial charge in [-0.05, 0) is 6.42 Å². The number of hydrogen-bond acceptors (Lipinski definition) is 5. The monoisotopic (exact) mass is 352 g/mol. The van der Waals surface area contributed by atoms with Crippen LogP contribution in [0.15, 0.2) is 12.7 Å². The first-order valence-electron chi connectivity index (χ1n) is 8.70. The van der Waals surface area contributed by atoms with Gasteiger partial charge in [-0.2, -0.15) is 0 Å². The summed E-state index contributed by atoms with van der Waals surface area (Å²) in [6, 6.07) is -0.943. The number of unbranched alkanes of at least 4 members (excludes halogenated alkanes) is 4. The highest BCUT2D eigenvalue weighted by Crippen LogP contribution is 2.05. The molecule has 1 atom stereocenters. The number of carbonyl (C=O) groups is 3. The second-order valence-electron chi connectivity index (χ2n) is 5.95.